The van der Waals surface area contributed by atoms with Crippen LogP contribution in [0.5, 0.6) is 5.75 Å². The molecule has 2 aromatic rings. The van der Waals surface area contributed by atoms with Crippen molar-refractivity contribution in [3.8, 4) is 5.75 Å². The minimum absolute atomic E-state index is 0.341. The van der Waals surface area contributed by atoms with Gasteiger partial charge in [0, 0.05) is 10.5 Å². The Bertz CT molecular complexity index is 989. The summed E-state index contributed by atoms with van der Waals surface area (Å²) >= 11 is 13.9. The summed E-state index contributed by atoms with van der Waals surface area (Å²) in [5, 5.41) is 4.09. The van der Waals surface area contributed by atoms with E-state index in [9.17, 15) is 4.79 Å². The Balaban J connectivity index is 1.59. The number of ether oxygens (including phenoxy) is 2. The molecule has 1 aliphatic rings. The van der Waals surface area contributed by atoms with Gasteiger partial charge < -0.3 is 9.47 Å². The lowest BCUT2D eigenvalue weighted by Crippen LogP contribution is -2.39. The van der Waals surface area contributed by atoms with Crippen molar-refractivity contribution in [2.24, 2.45) is 0 Å². The molecule has 0 aromatic heterocycles. The van der Waals surface area contributed by atoms with Crippen LogP contribution in [0.4, 0.5) is 10.5 Å². The van der Waals surface area contributed by atoms with E-state index in [4.69, 9.17) is 32.7 Å². The van der Waals surface area contributed by atoms with Crippen LogP contribution < -0.4 is 10.1 Å². The number of fused-ring (bicyclic) bond motifs is 1. The summed E-state index contributed by atoms with van der Waals surface area (Å²) in [7, 11) is 0. The molecule has 204 valence electrons. The second kappa shape index (κ2) is 15.8. The number of anilines is 1. The average Bonchev–Trinajstić information content (AvgIpc) is 2.89. The van der Waals surface area contributed by atoms with Gasteiger partial charge in [-0.15, -0.1) is 11.8 Å². The second-order valence-corrected chi connectivity index (χ2v) is 11.8. The molecule has 1 amide bonds. The number of rotatable bonds is 17. The van der Waals surface area contributed by atoms with E-state index in [0.717, 1.165) is 79.0 Å². The van der Waals surface area contributed by atoms with Gasteiger partial charge in [-0.3, -0.25) is 5.32 Å². The standard InChI is InChI=1S/C30H41Cl2NO3S/c1-3-5-7-9-17-30(18-10-8-6-4-2)25-21-23(13-16-28(25)33-29(34)36-30)35-19-11-12-20-37-24-14-15-26(31)27(32)22-24/h13-16,21-22H,3-12,17-20H2,1-2H3,(H,33,34). The maximum Gasteiger partial charge on any atom is 0.412 e. The van der Waals surface area contributed by atoms with E-state index in [-0.39, 0.29) is 6.09 Å². The van der Waals surface area contributed by atoms with Gasteiger partial charge in [-0.05, 0) is 80.7 Å². The Kier molecular flexibility index (Phi) is 12.8. The highest BCUT2D eigenvalue weighted by Crippen LogP contribution is 2.45. The molecule has 0 saturated carbocycles. The molecule has 0 atom stereocenters. The Morgan fingerprint density at radius 3 is 2.27 bits per heavy atom. The van der Waals surface area contributed by atoms with E-state index in [1.165, 1.54) is 25.7 Å². The largest absolute Gasteiger partial charge is 0.494 e. The maximum absolute atomic E-state index is 12.5. The summed E-state index contributed by atoms with van der Waals surface area (Å²) in [4.78, 5) is 13.7. The number of carbonyl (C=O) groups is 1. The Hall–Kier alpha value is -1.56. The van der Waals surface area contributed by atoms with Crippen molar-refractivity contribution < 1.29 is 14.3 Å². The topological polar surface area (TPSA) is 47.6 Å². The van der Waals surface area contributed by atoms with Gasteiger partial charge in [0.2, 0.25) is 0 Å². The van der Waals surface area contributed by atoms with E-state index < -0.39 is 5.60 Å². The maximum atomic E-state index is 12.5. The van der Waals surface area contributed by atoms with Gasteiger partial charge in [0.05, 0.1) is 22.3 Å². The minimum atomic E-state index is -0.574. The first-order valence-corrected chi connectivity index (χ1v) is 15.6. The summed E-state index contributed by atoms with van der Waals surface area (Å²) < 4.78 is 12.3. The summed E-state index contributed by atoms with van der Waals surface area (Å²) in [6.07, 6.45) is 12.6. The van der Waals surface area contributed by atoms with Crippen molar-refractivity contribution in [2.45, 2.75) is 101 Å². The van der Waals surface area contributed by atoms with Gasteiger partial charge >= 0.3 is 6.09 Å². The molecule has 0 aliphatic carbocycles. The van der Waals surface area contributed by atoms with Crippen molar-refractivity contribution in [1.29, 1.82) is 0 Å². The third-order valence-corrected chi connectivity index (χ3v) is 8.66. The van der Waals surface area contributed by atoms with E-state index in [2.05, 4.69) is 25.2 Å². The molecule has 1 N–H and O–H groups in total. The van der Waals surface area contributed by atoms with Crippen molar-refractivity contribution in [2.75, 3.05) is 17.7 Å². The molecule has 0 bridgehead atoms. The van der Waals surface area contributed by atoms with Gasteiger partial charge in [-0.1, -0.05) is 75.6 Å². The number of benzene rings is 2. The van der Waals surface area contributed by atoms with Gasteiger partial charge in [0.25, 0.3) is 0 Å². The van der Waals surface area contributed by atoms with Gasteiger partial charge in [0.1, 0.15) is 11.4 Å². The van der Waals surface area contributed by atoms with Gasteiger partial charge in [-0.2, -0.15) is 0 Å². The first-order chi connectivity index (χ1) is 18.0. The Morgan fingerprint density at radius 1 is 0.865 bits per heavy atom. The van der Waals surface area contributed by atoms with Crippen LogP contribution in [0.1, 0.15) is 96.5 Å². The van der Waals surface area contributed by atoms with Crippen LogP contribution in [0.2, 0.25) is 10.0 Å². The predicted molar refractivity (Wildman–Crippen MR) is 158 cm³/mol. The summed E-state index contributed by atoms with van der Waals surface area (Å²) in [5.74, 6) is 1.83. The van der Waals surface area contributed by atoms with Crippen molar-refractivity contribution >= 4 is 46.7 Å². The molecule has 0 saturated heterocycles. The fourth-order valence-corrected chi connectivity index (χ4v) is 6.10. The van der Waals surface area contributed by atoms with Crippen LogP contribution in [0, 0.1) is 0 Å². The number of thioether (sulfide) groups is 1. The number of nitrogens with one attached hydrogen (secondary N) is 1. The molecule has 1 aliphatic heterocycles. The van der Waals surface area contributed by atoms with Crippen LogP contribution >= 0.6 is 35.0 Å². The summed E-state index contributed by atoms with van der Waals surface area (Å²) in [5.41, 5.74) is 1.34. The molecule has 7 heteroatoms. The third kappa shape index (κ3) is 9.30. The number of halogens is 2. The first-order valence-electron chi connectivity index (χ1n) is 13.8. The lowest BCUT2D eigenvalue weighted by molar-refractivity contribution is -0.00703. The molecular weight excluding hydrogens is 525 g/mol. The number of hydrogen-bond acceptors (Lipinski definition) is 4. The molecule has 0 fully saturated rings. The van der Waals surface area contributed by atoms with Crippen LogP contribution in [0.15, 0.2) is 41.3 Å². The second-order valence-electron chi connectivity index (χ2n) is 9.82. The van der Waals surface area contributed by atoms with E-state index in [1.54, 1.807) is 11.8 Å². The minimum Gasteiger partial charge on any atom is -0.494 e. The summed E-state index contributed by atoms with van der Waals surface area (Å²) in [6, 6.07) is 11.8. The number of amides is 1. The highest BCUT2D eigenvalue weighted by molar-refractivity contribution is 7.99. The third-order valence-electron chi connectivity index (χ3n) is 6.84. The SMILES string of the molecule is CCCCCCC1(CCCCCC)OC(=O)Nc2ccc(OCCCCSc3ccc(Cl)c(Cl)c3)cc21. The van der Waals surface area contributed by atoms with Gasteiger partial charge in [0.15, 0.2) is 0 Å². The Morgan fingerprint density at radius 2 is 1.59 bits per heavy atom. The molecule has 37 heavy (non-hydrogen) atoms. The zero-order valence-corrected chi connectivity index (χ0v) is 24.6. The normalized spacial score (nSPS) is 14.1. The fourth-order valence-electron chi connectivity index (χ4n) is 4.79. The van der Waals surface area contributed by atoms with Crippen LogP contribution in [0.25, 0.3) is 0 Å². The number of carbonyl (C=O) groups excluding carboxylic acids is 1. The monoisotopic (exact) mass is 565 g/mol. The molecular formula is C30H41Cl2NO3S. The van der Waals surface area contributed by atoms with E-state index in [0.29, 0.717) is 16.7 Å². The van der Waals surface area contributed by atoms with Gasteiger partial charge in [-0.25, -0.2) is 4.79 Å². The number of hydrogen-bond donors (Lipinski definition) is 1. The molecule has 4 nitrogen and oxygen atoms in total. The number of unbranched alkanes of at least 4 members (excludes halogenated alkanes) is 7. The smallest absolute Gasteiger partial charge is 0.412 e. The molecule has 1 heterocycles. The highest BCUT2D eigenvalue weighted by Gasteiger charge is 2.41. The molecule has 0 radical (unpaired) electrons. The zero-order chi connectivity index (χ0) is 26.5. The zero-order valence-electron chi connectivity index (χ0n) is 22.3. The van der Waals surface area contributed by atoms with Crippen molar-refractivity contribution in [3.05, 3.63) is 52.0 Å². The molecule has 2 aromatic carbocycles. The average molecular weight is 567 g/mol. The van der Waals surface area contributed by atoms with Crippen molar-refractivity contribution in [1.82, 2.24) is 0 Å². The quantitative estimate of drug-likeness (QED) is 0.153. The van der Waals surface area contributed by atoms with E-state index in [1.807, 2.05) is 30.3 Å². The summed E-state index contributed by atoms with van der Waals surface area (Å²) in [6.45, 7) is 5.08. The lowest BCUT2D eigenvalue weighted by Gasteiger charge is -2.39. The fraction of sp³-hybridized carbons (Fsp3) is 0.567. The highest BCUT2D eigenvalue weighted by atomic mass is 35.5. The number of cyclic esters (lactones) is 1. The lowest BCUT2D eigenvalue weighted by atomic mass is 9.81. The van der Waals surface area contributed by atoms with Crippen molar-refractivity contribution in [3.63, 3.8) is 0 Å². The molecule has 0 unspecified atom stereocenters. The Labute approximate surface area is 237 Å². The predicted octanol–water partition coefficient (Wildman–Crippen LogP) is 10.6. The van der Waals surface area contributed by atoms with Crippen LogP contribution in [-0.4, -0.2) is 18.5 Å². The van der Waals surface area contributed by atoms with Crippen LogP contribution in [-0.2, 0) is 10.3 Å². The molecule has 3 rings (SSSR count). The van der Waals surface area contributed by atoms with Crippen LogP contribution in [0.3, 0.4) is 0 Å². The van der Waals surface area contributed by atoms with E-state index >= 15 is 0 Å². The molecule has 0 spiro atoms. The first kappa shape index (κ1) is 30.0.